The molecule has 3 heterocycles. The molecule has 0 aromatic carbocycles. The van der Waals surface area contributed by atoms with Crippen LogP contribution in [0, 0.1) is 0 Å². The molecule has 3 aromatic rings. The van der Waals surface area contributed by atoms with Crippen molar-refractivity contribution < 1.29 is 4.52 Å². The van der Waals surface area contributed by atoms with E-state index < -0.39 is 0 Å². The second-order valence-electron chi connectivity index (χ2n) is 3.45. The summed E-state index contributed by atoms with van der Waals surface area (Å²) >= 11 is 0. The summed E-state index contributed by atoms with van der Waals surface area (Å²) < 4.78 is 6.67. The van der Waals surface area contributed by atoms with Crippen LogP contribution in [0.4, 0.5) is 5.82 Å². The summed E-state index contributed by atoms with van der Waals surface area (Å²) in [5.74, 6) is 1.41. The Kier molecular flexibility index (Phi) is 2.41. The van der Waals surface area contributed by atoms with Crippen molar-refractivity contribution in [3.05, 3.63) is 36.9 Å². The predicted octanol–water partition coefficient (Wildman–Crippen LogP) is 0.767. The Bertz CT molecular complexity index is 602. The molecule has 0 saturated heterocycles. The lowest BCUT2D eigenvalue weighted by molar-refractivity contribution is 0.379. The molecule has 0 spiro atoms. The minimum absolute atomic E-state index is 0.609. The molecule has 7 heteroatoms. The fourth-order valence-corrected chi connectivity index (χ4v) is 1.59. The van der Waals surface area contributed by atoms with Crippen molar-refractivity contribution in [2.24, 2.45) is 0 Å². The molecule has 3 aromatic heterocycles. The normalized spacial score (nSPS) is 10.8. The third-order valence-electron chi connectivity index (χ3n) is 2.36. The molecular weight excluding hydrogens is 220 g/mol. The maximum atomic E-state index is 4.90. The molecule has 0 aliphatic carbocycles. The van der Waals surface area contributed by atoms with Crippen LogP contribution in [0.15, 0.2) is 35.5 Å². The highest BCUT2D eigenvalue weighted by Crippen LogP contribution is 2.11. The molecule has 0 radical (unpaired) electrons. The van der Waals surface area contributed by atoms with Crippen LogP contribution in [0.3, 0.4) is 0 Å². The third-order valence-corrected chi connectivity index (χ3v) is 2.36. The van der Waals surface area contributed by atoms with Gasteiger partial charge in [0.15, 0.2) is 12.1 Å². The molecule has 0 fully saturated rings. The maximum Gasteiger partial charge on any atom is 0.228 e. The Labute approximate surface area is 96.5 Å². The number of nitrogens with one attached hydrogen (secondary N) is 1. The number of rotatable bonds is 4. The zero-order valence-corrected chi connectivity index (χ0v) is 8.95. The van der Waals surface area contributed by atoms with E-state index in [1.54, 1.807) is 23.1 Å². The van der Waals surface area contributed by atoms with Crippen molar-refractivity contribution in [1.82, 2.24) is 24.7 Å². The first kappa shape index (κ1) is 9.76. The van der Waals surface area contributed by atoms with Crippen LogP contribution in [0.2, 0.25) is 0 Å². The quantitative estimate of drug-likeness (QED) is 0.712. The summed E-state index contributed by atoms with van der Waals surface area (Å²) in [6.07, 6.45) is 7.30. The van der Waals surface area contributed by atoms with E-state index in [-0.39, 0.29) is 0 Å². The first-order valence-electron chi connectivity index (χ1n) is 5.21. The van der Waals surface area contributed by atoms with Gasteiger partial charge in [-0.1, -0.05) is 5.16 Å². The molecule has 1 N–H and O–H groups in total. The first-order valence-corrected chi connectivity index (χ1v) is 5.21. The Morgan fingerprint density at radius 3 is 3.18 bits per heavy atom. The first-order chi connectivity index (χ1) is 8.43. The van der Waals surface area contributed by atoms with Gasteiger partial charge in [0, 0.05) is 25.4 Å². The zero-order chi connectivity index (χ0) is 11.5. The van der Waals surface area contributed by atoms with Gasteiger partial charge in [-0.2, -0.15) is 10.1 Å². The summed E-state index contributed by atoms with van der Waals surface area (Å²) in [4.78, 5) is 8.20. The van der Waals surface area contributed by atoms with Crippen molar-refractivity contribution in [2.45, 2.75) is 6.42 Å². The van der Waals surface area contributed by atoms with Gasteiger partial charge >= 0.3 is 0 Å². The molecule has 0 amide bonds. The van der Waals surface area contributed by atoms with E-state index in [0.717, 1.165) is 11.3 Å². The predicted molar refractivity (Wildman–Crippen MR) is 59.5 cm³/mol. The van der Waals surface area contributed by atoms with Crippen molar-refractivity contribution in [3.63, 3.8) is 0 Å². The van der Waals surface area contributed by atoms with E-state index in [4.69, 9.17) is 4.52 Å². The van der Waals surface area contributed by atoms with Crippen LogP contribution in [0.25, 0.3) is 5.52 Å². The van der Waals surface area contributed by atoms with Gasteiger partial charge < -0.3 is 9.84 Å². The van der Waals surface area contributed by atoms with Gasteiger partial charge in [0.25, 0.3) is 0 Å². The number of hydrogen-bond donors (Lipinski definition) is 1. The van der Waals surface area contributed by atoms with Gasteiger partial charge in [0.1, 0.15) is 5.52 Å². The van der Waals surface area contributed by atoms with Crippen molar-refractivity contribution in [3.8, 4) is 0 Å². The Balaban J connectivity index is 1.70. The Morgan fingerprint density at radius 1 is 1.29 bits per heavy atom. The summed E-state index contributed by atoms with van der Waals surface area (Å²) in [5.41, 5.74) is 0.943. The van der Waals surface area contributed by atoms with Gasteiger partial charge in [-0.25, -0.2) is 9.50 Å². The average Bonchev–Trinajstić information content (AvgIpc) is 2.99. The monoisotopic (exact) mass is 230 g/mol. The van der Waals surface area contributed by atoms with E-state index in [9.17, 15) is 0 Å². The van der Waals surface area contributed by atoms with Crippen LogP contribution >= 0.6 is 0 Å². The number of nitrogens with zero attached hydrogens (tertiary/aromatic N) is 5. The molecule has 0 saturated carbocycles. The van der Waals surface area contributed by atoms with E-state index in [2.05, 4.69) is 25.5 Å². The minimum atomic E-state index is 0.609. The number of anilines is 1. The topological polar surface area (TPSA) is 81.1 Å². The fourth-order valence-electron chi connectivity index (χ4n) is 1.59. The largest absolute Gasteiger partial charge is 0.368 e. The standard InChI is InChI=1S/C10H10N6O/c1-4-14-16-6-5-12-10(8(1)16)11-3-2-9-13-7-15-17-9/h1,4-7H,2-3H2,(H,11,12). The van der Waals surface area contributed by atoms with E-state index in [1.807, 2.05) is 6.07 Å². The van der Waals surface area contributed by atoms with Crippen LogP contribution in [0.1, 0.15) is 5.89 Å². The smallest absolute Gasteiger partial charge is 0.228 e. The lowest BCUT2D eigenvalue weighted by Gasteiger charge is -2.04. The van der Waals surface area contributed by atoms with E-state index in [1.165, 1.54) is 6.33 Å². The SMILES string of the molecule is c1noc(CCNc2nccn3nccc23)n1. The van der Waals surface area contributed by atoms with Gasteiger partial charge in [0.05, 0.1) is 6.20 Å². The van der Waals surface area contributed by atoms with Crippen LogP contribution < -0.4 is 5.32 Å². The van der Waals surface area contributed by atoms with Crippen molar-refractivity contribution in [2.75, 3.05) is 11.9 Å². The van der Waals surface area contributed by atoms with Crippen molar-refractivity contribution in [1.29, 1.82) is 0 Å². The zero-order valence-electron chi connectivity index (χ0n) is 8.95. The van der Waals surface area contributed by atoms with E-state index in [0.29, 0.717) is 18.9 Å². The third kappa shape index (κ3) is 1.94. The second-order valence-corrected chi connectivity index (χ2v) is 3.45. The molecule has 0 aliphatic rings. The molecular formula is C10H10N6O. The van der Waals surface area contributed by atoms with Crippen LogP contribution in [-0.2, 0) is 6.42 Å². The van der Waals surface area contributed by atoms with E-state index >= 15 is 0 Å². The fraction of sp³-hybridized carbons (Fsp3) is 0.200. The van der Waals surface area contributed by atoms with Crippen LogP contribution in [-0.4, -0.2) is 31.3 Å². The van der Waals surface area contributed by atoms with Gasteiger partial charge in [0.2, 0.25) is 5.89 Å². The highest BCUT2D eigenvalue weighted by atomic mass is 16.5. The van der Waals surface area contributed by atoms with Crippen LogP contribution in [0.5, 0.6) is 0 Å². The molecule has 0 bridgehead atoms. The lowest BCUT2D eigenvalue weighted by Crippen LogP contribution is -2.07. The van der Waals surface area contributed by atoms with Gasteiger partial charge in [-0.05, 0) is 6.07 Å². The highest BCUT2D eigenvalue weighted by molar-refractivity contribution is 5.66. The molecule has 7 nitrogen and oxygen atoms in total. The summed E-state index contributed by atoms with van der Waals surface area (Å²) in [6, 6.07) is 1.90. The number of aromatic nitrogens is 5. The minimum Gasteiger partial charge on any atom is -0.368 e. The Morgan fingerprint density at radius 2 is 2.29 bits per heavy atom. The lowest BCUT2D eigenvalue weighted by atomic mass is 10.4. The second kappa shape index (κ2) is 4.20. The molecule has 17 heavy (non-hydrogen) atoms. The number of hydrogen-bond acceptors (Lipinski definition) is 6. The number of fused-ring (bicyclic) bond motifs is 1. The van der Waals surface area contributed by atoms with Gasteiger partial charge in [-0.15, -0.1) is 0 Å². The van der Waals surface area contributed by atoms with Crippen molar-refractivity contribution >= 4 is 11.3 Å². The highest BCUT2D eigenvalue weighted by Gasteiger charge is 2.03. The summed E-state index contributed by atoms with van der Waals surface area (Å²) in [5, 5.41) is 10.9. The summed E-state index contributed by atoms with van der Waals surface area (Å²) in [7, 11) is 0. The molecule has 3 rings (SSSR count). The molecule has 86 valence electrons. The maximum absolute atomic E-state index is 4.90. The summed E-state index contributed by atoms with van der Waals surface area (Å²) in [6.45, 7) is 0.681. The van der Waals surface area contributed by atoms with Gasteiger partial charge in [-0.3, -0.25) is 0 Å². The molecule has 0 atom stereocenters. The molecule has 0 unspecified atom stereocenters. The average molecular weight is 230 g/mol. The Hall–Kier alpha value is -2.44. The molecule has 0 aliphatic heterocycles.